The van der Waals surface area contributed by atoms with Crippen LogP contribution in [0.2, 0.25) is 0 Å². The summed E-state index contributed by atoms with van der Waals surface area (Å²) in [4.78, 5) is 15.3. The van der Waals surface area contributed by atoms with E-state index in [2.05, 4.69) is 10.9 Å². The average molecular weight is 446 g/mol. The van der Waals surface area contributed by atoms with E-state index in [9.17, 15) is 9.90 Å². The number of rotatable bonds is 7. The summed E-state index contributed by atoms with van der Waals surface area (Å²) in [5.41, 5.74) is 8.18. The second-order valence-electron chi connectivity index (χ2n) is 8.34. The van der Waals surface area contributed by atoms with Crippen LogP contribution in [0.25, 0.3) is 0 Å². The van der Waals surface area contributed by atoms with Crippen LogP contribution in [0.5, 0.6) is 17.2 Å². The van der Waals surface area contributed by atoms with Crippen LogP contribution in [-0.4, -0.2) is 42.2 Å². The number of aromatic hydroxyl groups is 1. The van der Waals surface area contributed by atoms with E-state index in [4.69, 9.17) is 9.47 Å². The lowest BCUT2D eigenvalue weighted by atomic mass is 9.83. The standard InChI is InChI=1S/C26H27N3O4/c1-32-15-14-29-25(17-8-7-11-19(16-17)33-18-9-3-2-4-10-18)22-23(27-28-24(22)26(29)31)20-12-5-6-13-21(20)30/h2-13,16,22-25,27-28,30H,14-15H2,1H3. The Hall–Kier alpha value is -3.39. The third-order valence-electron chi connectivity index (χ3n) is 6.40. The zero-order valence-electron chi connectivity index (χ0n) is 18.3. The minimum atomic E-state index is -0.407. The molecular weight excluding hydrogens is 418 g/mol. The summed E-state index contributed by atoms with van der Waals surface area (Å²) in [6, 6.07) is 23.9. The fraction of sp³-hybridized carbons (Fsp3) is 0.269. The number of ether oxygens (including phenoxy) is 2. The molecule has 0 aliphatic carbocycles. The molecule has 3 N–H and O–H groups in total. The predicted molar refractivity (Wildman–Crippen MR) is 124 cm³/mol. The molecule has 7 nitrogen and oxygen atoms in total. The summed E-state index contributed by atoms with van der Waals surface area (Å²) >= 11 is 0. The highest BCUT2D eigenvalue weighted by Crippen LogP contribution is 2.48. The van der Waals surface area contributed by atoms with Crippen LogP contribution in [-0.2, 0) is 9.53 Å². The maximum atomic E-state index is 13.4. The number of fused-ring (bicyclic) bond motifs is 1. The Labute approximate surface area is 192 Å². The highest BCUT2D eigenvalue weighted by atomic mass is 16.5. The van der Waals surface area contributed by atoms with Gasteiger partial charge in [0.15, 0.2) is 0 Å². The summed E-state index contributed by atoms with van der Waals surface area (Å²) in [6.07, 6.45) is 0. The second-order valence-corrected chi connectivity index (χ2v) is 8.34. The van der Waals surface area contributed by atoms with Crippen LogP contribution in [0.3, 0.4) is 0 Å². The van der Waals surface area contributed by atoms with Crippen molar-refractivity contribution in [2.24, 2.45) is 5.92 Å². The number of phenols is 1. The molecule has 4 atom stereocenters. The minimum absolute atomic E-state index is 0.0156. The molecule has 2 aliphatic rings. The Kier molecular flexibility index (Phi) is 6.00. The quantitative estimate of drug-likeness (QED) is 0.516. The van der Waals surface area contributed by atoms with Gasteiger partial charge in [0.1, 0.15) is 23.3 Å². The highest BCUT2D eigenvalue weighted by molar-refractivity contribution is 5.86. The number of methoxy groups -OCH3 is 1. The van der Waals surface area contributed by atoms with Gasteiger partial charge in [-0.25, -0.2) is 10.9 Å². The molecule has 170 valence electrons. The molecule has 5 rings (SSSR count). The monoisotopic (exact) mass is 445 g/mol. The van der Waals surface area contributed by atoms with Crippen molar-refractivity contribution in [2.75, 3.05) is 20.3 Å². The third-order valence-corrected chi connectivity index (χ3v) is 6.40. The summed E-state index contributed by atoms with van der Waals surface area (Å²) in [7, 11) is 1.63. The topological polar surface area (TPSA) is 83.1 Å². The first-order valence-corrected chi connectivity index (χ1v) is 11.1. The molecule has 0 saturated carbocycles. The number of hydrazine groups is 1. The molecule has 2 heterocycles. The zero-order valence-corrected chi connectivity index (χ0v) is 18.3. The number of amides is 1. The number of phenolic OH excluding ortho intramolecular Hbond substituents is 1. The fourth-order valence-corrected chi connectivity index (χ4v) is 4.94. The van der Waals surface area contributed by atoms with Crippen LogP contribution < -0.4 is 15.6 Å². The van der Waals surface area contributed by atoms with Gasteiger partial charge in [-0.15, -0.1) is 0 Å². The molecule has 3 aromatic rings. The van der Waals surface area contributed by atoms with Gasteiger partial charge < -0.3 is 19.5 Å². The normalized spacial score (nSPS) is 24.2. The Bertz CT molecular complexity index is 1120. The van der Waals surface area contributed by atoms with Crippen LogP contribution in [0, 0.1) is 5.92 Å². The second kappa shape index (κ2) is 9.23. The molecule has 0 spiro atoms. The lowest BCUT2D eigenvalue weighted by Gasteiger charge is -2.31. The van der Waals surface area contributed by atoms with E-state index in [1.807, 2.05) is 71.6 Å². The smallest absolute Gasteiger partial charge is 0.242 e. The molecule has 7 heteroatoms. The third kappa shape index (κ3) is 4.06. The number of hydrogen-bond donors (Lipinski definition) is 3. The minimum Gasteiger partial charge on any atom is -0.508 e. The van der Waals surface area contributed by atoms with Crippen molar-refractivity contribution >= 4 is 5.91 Å². The first kappa shape index (κ1) is 21.5. The average Bonchev–Trinajstić information content (AvgIpc) is 3.37. The Morgan fingerprint density at radius 2 is 1.64 bits per heavy atom. The van der Waals surface area contributed by atoms with Crippen molar-refractivity contribution in [3.05, 3.63) is 90.0 Å². The van der Waals surface area contributed by atoms with Crippen LogP contribution in [0.15, 0.2) is 78.9 Å². The predicted octanol–water partition coefficient (Wildman–Crippen LogP) is 3.55. The first-order chi connectivity index (χ1) is 16.2. The van der Waals surface area contributed by atoms with Gasteiger partial charge >= 0.3 is 0 Å². The lowest BCUT2D eigenvalue weighted by molar-refractivity contribution is -0.131. The van der Waals surface area contributed by atoms with Gasteiger partial charge in [0.2, 0.25) is 5.91 Å². The Morgan fingerprint density at radius 1 is 0.909 bits per heavy atom. The van der Waals surface area contributed by atoms with E-state index in [-0.39, 0.29) is 29.7 Å². The summed E-state index contributed by atoms with van der Waals surface area (Å²) in [5, 5.41) is 10.5. The number of carbonyl (C=O) groups is 1. The summed E-state index contributed by atoms with van der Waals surface area (Å²) in [5.74, 6) is 1.55. The van der Waals surface area contributed by atoms with Crippen molar-refractivity contribution < 1.29 is 19.4 Å². The maximum absolute atomic E-state index is 13.4. The molecule has 33 heavy (non-hydrogen) atoms. The number of likely N-dealkylation sites (tertiary alicyclic amines) is 1. The van der Waals surface area contributed by atoms with Crippen molar-refractivity contribution in [1.29, 1.82) is 0 Å². The van der Waals surface area contributed by atoms with Gasteiger partial charge in [0, 0.05) is 25.1 Å². The number of carbonyl (C=O) groups excluding carboxylic acids is 1. The SMILES string of the molecule is COCCN1C(=O)C2NNC(c3ccccc3O)C2C1c1cccc(Oc2ccccc2)c1. The molecule has 0 aromatic heterocycles. The van der Waals surface area contributed by atoms with E-state index in [1.54, 1.807) is 19.2 Å². The van der Waals surface area contributed by atoms with Gasteiger partial charge in [-0.3, -0.25) is 4.79 Å². The van der Waals surface area contributed by atoms with Gasteiger partial charge in [0.05, 0.1) is 18.7 Å². The Morgan fingerprint density at radius 3 is 2.42 bits per heavy atom. The Balaban J connectivity index is 1.53. The number of nitrogens with zero attached hydrogens (tertiary/aromatic N) is 1. The number of nitrogens with one attached hydrogen (secondary N) is 2. The number of benzene rings is 3. The van der Waals surface area contributed by atoms with Crippen molar-refractivity contribution in [2.45, 2.75) is 18.1 Å². The molecule has 3 aromatic carbocycles. The van der Waals surface area contributed by atoms with Crippen molar-refractivity contribution in [1.82, 2.24) is 15.8 Å². The van der Waals surface area contributed by atoms with Crippen LogP contribution >= 0.6 is 0 Å². The first-order valence-electron chi connectivity index (χ1n) is 11.1. The fourth-order valence-electron chi connectivity index (χ4n) is 4.94. The van der Waals surface area contributed by atoms with Crippen LogP contribution in [0.4, 0.5) is 0 Å². The number of para-hydroxylation sites is 2. The van der Waals surface area contributed by atoms with Crippen molar-refractivity contribution in [3.63, 3.8) is 0 Å². The lowest BCUT2D eigenvalue weighted by Crippen LogP contribution is -2.42. The zero-order chi connectivity index (χ0) is 22.8. The van der Waals surface area contributed by atoms with Gasteiger partial charge in [0.25, 0.3) is 0 Å². The van der Waals surface area contributed by atoms with Crippen LogP contribution in [0.1, 0.15) is 23.2 Å². The van der Waals surface area contributed by atoms with E-state index in [0.717, 1.165) is 16.9 Å². The van der Waals surface area contributed by atoms with Gasteiger partial charge in [-0.1, -0.05) is 48.5 Å². The molecule has 0 bridgehead atoms. The molecule has 2 fully saturated rings. The van der Waals surface area contributed by atoms with E-state index in [0.29, 0.717) is 18.9 Å². The molecule has 4 unspecified atom stereocenters. The van der Waals surface area contributed by atoms with Gasteiger partial charge in [-0.2, -0.15) is 0 Å². The highest BCUT2D eigenvalue weighted by Gasteiger charge is 2.55. The van der Waals surface area contributed by atoms with E-state index in [1.165, 1.54) is 0 Å². The molecule has 0 radical (unpaired) electrons. The molecule has 2 saturated heterocycles. The van der Waals surface area contributed by atoms with Gasteiger partial charge in [-0.05, 0) is 35.9 Å². The maximum Gasteiger partial charge on any atom is 0.242 e. The summed E-state index contributed by atoms with van der Waals surface area (Å²) < 4.78 is 11.4. The molecular formula is C26H27N3O4. The van der Waals surface area contributed by atoms with Crippen molar-refractivity contribution in [3.8, 4) is 17.2 Å². The number of hydrogen-bond acceptors (Lipinski definition) is 6. The molecule has 2 aliphatic heterocycles. The van der Waals surface area contributed by atoms with E-state index >= 15 is 0 Å². The van der Waals surface area contributed by atoms with E-state index < -0.39 is 6.04 Å². The largest absolute Gasteiger partial charge is 0.508 e. The summed E-state index contributed by atoms with van der Waals surface area (Å²) in [6.45, 7) is 0.919. The molecule has 1 amide bonds.